The van der Waals surface area contributed by atoms with Gasteiger partial charge in [-0.3, -0.25) is 0 Å². The molecule has 0 saturated carbocycles. The van der Waals surface area contributed by atoms with E-state index in [4.69, 9.17) is 9.72 Å². The number of fused-ring (bicyclic) bond motifs is 5. The highest BCUT2D eigenvalue weighted by molar-refractivity contribution is 7.19. The Kier molecular flexibility index (Phi) is 4.37. The summed E-state index contributed by atoms with van der Waals surface area (Å²) in [4.78, 5) is 11.9. The average Bonchev–Trinajstić information content (AvgIpc) is 3.18. The van der Waals surface area contributed by atoms with E-state index in [-0.39, 0.29) is 0 Å². The van der Waals surface area contributed by atoms with Gasteiger partial charge in [-0.05, 0) is 44.1 Å². The van der Waals surface area contributed by atoms with Crippen molar-refractivity contribution in [3.63, 3.8) is 0 Å². The maximum absolute atomic E-state index is 5.39. The molecule has 0 aliphatic heterocycles. The van der Waals surface area contributed by atoms with Crippen LogP contribution in [0, 0.1) is 5.92 Å². The minimum atomic E-state index is 0.731. The lowest BCUT2D eigenvalue weighted by atomic mass is 9.89. The highest BCUT2D eigenvalue weighted by atomic mass is 32.1. The van der Waals surface area contributed by atoms with Crippen molar-refractivity contribution in [3.8, 4) is 0 Å². The molecule has 0 radical (unpaired) electrons. The second-order valence-corrected chi connectivity index (χ2v) is 7.52. The lowest BCUT2D eigenvalue weighted by molar-refractivity contribution is 0.147. The first kappa shape index (κ1) is 15.8. The number of nitrogens with one attached hydrogen (secondary N) is 1. The van der Waals surface area contributed by atoms with Crippen LogP contribution in [0.5, 0.6) is 0 Å². The molecule has 4 rings (SSSR count). The van der Waals surface area contributed by atoms with Gasteiger partial charge in [0.1, 0.15) is 11.2 Å². The second-order valence-electron chi connectivity index (χ2n) is 6.44. The van der Waals surface area contributed by atoms with Crippen molar-refractivity contribution in [2.75, 3.05) is 25.1 Å². The fourth-order valence-electron chi connectivity index (χ4n) is 3.40. The first-order valence-corrected chi connectivity index (χ1v) is 9.55. The Morgan fingerprint density at radius 1 is 1.46 bits per heavy atom. The van der Waals surface area contributed by atoms with Gasteiger partial charge in [0, 0.05) is 24.6 Å². The Bertz CT molecular complexity index is 856. The van der Waals surface area contributed by atoms with Crippen molar-refractivity contribution < 1.29 is 4.74 Å². The summed E-state index contributed by atoms with van der Waals surface area (Å²) < 4.78 is 7.23. The third kappa shape index (κ3) is 2.75. The summed E-state index contributed by atoms with van der Waals surface area (Å²) in [5, 5.41) is 8.98. The number of thiophene rings is 1. The van der Waals surface area contributed by atoms with Crippen LogP contribution in [0.25, 0.3) is 15.9 Å². The van der Waals surface area contributed by atoms with Crippen LogP contribution in [-0.2, 0) is 17.6 Å². The third-order valence-electron chi connectivity index (χ3n) is 4.62. The van der Waals surface area contributed by atoms with Crippen LogP contribution in [0.3, 0.4) is 0 Å². The summed E-state index contributed by atoms with van der Waals surface area (Å²) in [6, 6.07) is 0. The van der Waals surface area contributed by atoms with Gasteiger partial charge in [0.15, 0.2) is 5.65 Å². The summed E-state index contributed by atoms with van der Waals surface area (Å²) in [5.41, 5.74) is 2.38. The fourth-order valence-corrected chi connectivity index (χ4v) is 4.61. The number of aryl methyl sites for hydroxylation is 1. The van der Waals surface area contributed by atoms with Gasteiger partial charge >= 0.3 is 0 Å². The lowest BCUT2D eigenvalue weighted by Crippen LogP contribution is -2.12. The molecule has 6 nitrogen and oxygen atoms in total. The maximum atomic E-state index is 5.39. The molecular formula is C17H23N5OS. The van der Waals surface area contributed by atoms with E-state index in [9.17, 15) is 0 Å². The minimum absolute atomic E-state index is 0.731. The standard InChI is InChI=1S/C17H23N5OS/c1-3-23-8-4-7-18-17-21-16-14(15-19-10-20-22(15)17)12-9-11(2)5-6-13(12)24-16/h10-11H,3-9H2,1-2H3,(H,18,21)/t11-/m1/s1. The van der Waals surface area contributed by atoms with Gasteiger partial charge in [-0.25, -0.2) is 9.97 Å². The Morgan fingerprint density at radius 3 is 3.25 bits per heavy atom. The minimum Gasteiger partial charge on any atom is -0.382 e. The highest BCUT2D eigenvalue weighted by Gasteiger charge is 2.24. The number of hydrogen-bond acceptors (Lipinski definition) is 6. The van der Waals surface area contributed by atoms with Crippen LogP contribution < -0.4 is 5.32 Å². The quantitative estimate of drug-likeness (QED) is 0.695. The molecule has 1 atom stereocenters. The molecule has 7 heteroatoms. The van der Waals surface area contributed by atoms with Crippen molar-refractivity contribution in [2.24, 2.45) is 5.92 Å². The second kappa shape index (κ2) is 6.64. The zero-order valence-corrected chi connectivity index (χ0v) is 15.0. The maximum Gasteiger partial charge on any atom is 0.227 e. The van der Waals surface area contributed by atoms with Crippen molar-refractivity contribution in [2.45, 2.75) is 39.5 Å². The number of hydrogen-bond donors (Lipinski definition) is 1. The SMILES string of the molecule is CCOCCCNc1nc2sc3c(c2c2ncnn12)C[C@H](C)CC3. The summed E-state index contributed by atoms with van der Waals surface area (Å²) in [6.07, 6.45) is 6.13. The van der Waals surface area contributed by atoms with Gasteiger partial charge in [0.05, 0.1) is 5.39 Å². The largest absolute Gasteiger partial charge is 0.382 e. The van der Waals surface area contributed by atoms with Crippen molar-refractivity contribution >= 4 is 33.1 Å². The van der Waals surface area contributed by atoms with Gasteiger partial charge in [-0.2, -0.15) is 9.61 Å². The molecule has 0 spiro atoms. The Labute approximate surface area is 145 Å². The van der Waals surface area contributed by atoms with E-state index in [1.165, 1.54) is 22.2 Å². The molecule has 1 aliphatic carbocycles. The molecular weight excluding hydrogens is 322 g/mol. The smallest absolute Gasteiger partial charge is 0.227 e. The molecule has 0 amide bonds. The Morgan fingerprint density at radius 2 is 2.38 bits per heavy atom. The van der Waals surface area contributed by atoms with E-state index in [0.29, 0.717) is 0 Å². The van der Waals surface area contributed by atoms with E-state index in [1.54, 1.807) is 6.33 Å². The number of nitrogens with zero attached hydrogens (tertiary/aromatic N) is 4. The molecule has 1 aliphatic rings. The van der Waals surface area contributed by atoms with Crippen LogP contribution >= 0.6 is 11.3 Å². The van der Waals surface area contributed by atoms with Crippen molar-refractivity contribution in [1.29, 1.82) is 0 Å². The van der Waals surface area contributed by atoms with Crippen LogP contribution in [0.15, 0.2) is 6.33 Å². The summed E-state index contributed by atoms with van der Waals surface area (Å²) in [5.74, 6) is 1.51. The van der Waals surface area contributed by atoms with Gasteiger partial charge in [-0.15, -0.1) is 11.3 Å². The summed E-state index contributed by atoms with van der Waals surface area (Å²) >= 11 is 1.82. The molecule has 3 aromatic heterocycles. The van der Waals surface area contributed by atoms with Crippen LogP contribution in [0.2, 0.25) is 0 Å². The fraction of sp³-hybridized carbons (Fsp3) is 0.588. The zero-order valence-electron chi connectivity index (χ0n) is 14.2. The van der Waals surface area contributed by atoms with Crippen LogP contribution in [0.1, 0.15) is 37.1 Å². The first-order chi connectivity index (χ1) is 11.8. The molecule has 0 unspecified atom stereocenters. The summed E-state index contributed by atoms with van der Waals surface area (Å²) in [6.45, 7) is 6.68. The zero-order chi connectivity index (χ0) is 16.5. The molecule has 24 heavy (non-hydrogen) atoms. The predicted molar refractivity (Wildman–Crippen MR) is 97.0 cm³/mol. The highest BCUT2D eigenvalue weighted by Crippen LogP contribution is 2.39. The summed E-state index contributed by atoms with van der Waals surface area (Å²) in [7, 11) is 0. The predicted octanol–water partition coefficient (Wildman–Crippen LogP) is 3.30. The topological polar surface area (TPSA) is 64.3 Å². The van der Waals surface area contributed by atoms with E-state index in [1.807, 2.05) is 22.8 Å². The normalized spacial score (nSPS) is 17.5. The first-order valence-electron chi connectivity index (χ1n) is 8.73. The van der Waals surface area contributed by atoms with E-state index in [0.717, 1.165) is 61.4 Å². The lowest BCUT2D eigenvalue weighted by Gasteiger charge is -2.17. The van der Waals surface area contributed by atoms with Crippen LogP contribution in [-0.4, -0.2) is 39.3 Å². The molecule has 128 valence electrons. The molecule has 0 bridgehead atoms. The van der Waals surface area contributed by atoms with Crippen molar-refractivity contribution in [1.82, 2.24) is 19.6 Å². The van der Waals surface area contributed by atoms with Gasteiger partial charge < -0.3 is 10.1 Å². The van der Waals surface area contributed by atoms with E-state index < -0.39 is 0 Å². The van der Waals surface area contributed by atoms with E-state index >= 15 is 0 Å². The van der Waals surface area contributed by atoms with Crippen LogP contribution in [0.4, 0.5) is 5.95 Å². The molecule has 0 fully saturated rings. The van der Waals surface area contributed by atoms with Gasteiger partial charge in [-0.1, -0.05) is 6.92 Å². The van der Waals surface area contributed by atoms with Crippen molar-refractivity contribution in [3.05, 3.63) is 16.8 Å². The van der Waals surface area contributed by atoms with Gasteiger partial charge in [0.2, 0.25) is 5.95 Å². The third-order valence-corrected chi connectivity index (χ3v) is 5.81. The average molecular weight is 345 g/mol. The number of aromatic nitrogens is 4. The number of anilines is 1. The number of rotatable bonds is 6. The molecule has 0 aromatic carbocycles. The Balaban J connectivity index is 1.69. The molecule has 3 heterocycles. The monoisotopic (exact) mass is 345 g/mol. The Hall–Kier alpha value is -1.73. The van der Waals surface area contributed by atoms with E-state index in [2.05, 4.69) is 22.3 Å². The molecule has 3 aromatic rings. The number of ether oxygens (including phenoxy) is 1. The van der Waals surface area contributed by atoms with Gasteiger partial charge in [0.25, 0.3) is 0 Å². The molecule has 0 saturated heterocycles. The molecule has 1 N–H and O–H groups in total.